The van der Waals surface area contributed by atoms with Crippen LogP contribution < -0.4 is 5.73 Å². The molecule has 1 aromatic rings. The molecule has 3 N–H and O–H groups in total. The molecule has 1 heterocycles. The first-order chi connectivity index (χ1) is 12.1. The van der Waals surface area contributed by atoms with Crippen LogP contribution in [0, 0.1) is 0 Å². The molecule has 0 radical (unpaired) electrons. The Balaban J connectivity index is 1.64. The summed E-state index contributed by atoms with van der Waals surface area (Å²) >= 11 is 0. The van der Waals surface area contributed by atoms with Gasteiger partial charge in [0.05, 0.1) is 0 Å². The maximum atomic E-state index is 12.5. The highest BCUT2D eigenvalue weighted by atomic mass is 16.6. The number of ether oxygens (including phenoxy) is 2. The van der Waals surface area contributed by atoms with E-state index in [2.05, 4.69) is 0 Å². The highest BCUT2D eigenvalue weighted by molar-refractivity contribution is 5.80. The third kappa shape index (κ3) is 2.45. The minimum absolute atomic E-state index is 0.0894. The largest absolute Gasteiger partial charge is 0.459 e. The molecule has 7 nitrogen and oxygen atoms in total. The normalized spacial score (nSPS) is 28.4. The molecule has 3 aliphatic rings. The molecular weight excluding hydrogens is 336 g/mol. The summed E-state index contributed by atoms with van der Waals surface area (Å²) in [6.45, 7) is 4.90. The highest BCUT2D eigenvalue weighted by Crippen LogP contribution is 2.65. The maximum absolute atomic E-state index is 12.5. The van der Waals surface area contributed by atoms with Crippen LogP contribution in [0.25, 0.3) is 0 Å². The number of aliphatic hydroxyl groups is 1. The molecular formula is C19H24N2O5. The Bertz CT molecular complexity index is 796. The number of carbonyl (C=O) groups is 2. The Hall–Kier alpha value is -2.28. The number of aliphatic hydroxyl groups excluding tert-OH is 1. The quantitative estimate of drug-likeness (QED) is 0.618. The summed E-state index contributed by atoms with van der Waals surface area (Å²) in [6.07, 6.45) is 0.508. The van der Waals surface area contributed by atoms with Crippen LogP contribution in [0.3, 0.4) is 0 Å². The molecule has 2 spiro atoms. The van der Waals surface area contributed by atoms with Crippen molar-refractivity contribution in [3.63, 3.8) is 0 Å². The average Bonchev–Trinajstić information content (AvgIpc) is 3.18. The summed E-state index contributed by atoms with van der Waals surface area (Å²) in [6, 6.07) is 5.48. The van der Waals surface area contributed by atoms with Gasteiger partial charge in [-0.3, -0.25) is 9.69 Å². The number of esters is 1. The second kappa shape index (κ2) is 5.13. The minimum Gasteiger partial charge on any atom is -0.459 e. The Morgan fingerprint density at radius 2 is 2.08 bits per heavy atom. The zero-order chi connectivity index (χ0) is 18.9. The molecule has 1 aliphatic heterocycles. The molecule has 4 rings (SSSR count). The van der Waals surface area contributed by atoms with Crippen LogP contribution in [-0.2, 0) is 25.3 Å². The van der Waals surface area contributed by atoms with Crippen molar-refractivity contribution in [1.29, 1.82) is 0 Å². The van der Waals surface area contributed by atoms with E-state index in [9.17, 15) is 14.7 Å². The second-order valence-corrected chi connectivity index (χ2v) is 8.61. The van der Waals surface area contributed by atoms with Gasteiger partial charge in [0.2, 0.25) is 0 Å². The van der Waals surface area contributed by atoms with Crippen molar-refractivity contribution in [1.82, 2.24) is 4.90 Å². The van der Waals surface area contributed by atoms with Gasteiger partial charge in [0.1, 0.15) is 12.1 Å². The first kappa shape index (κ1) is 17.1. The fourth-order valence-corrected chi connectivity index (χ4v) is 4.26. The van der Waals surface area contributed by atoms with Gasteiger partial charge in [-0.2, -0.15) is 0 Å². The first-order valence-corrected chi connectivity index (χ1v) is 8.86. The summed E-state index contributed by atoms with van der Waals surface area (Å²) in [4.78, 5) is 25.7. The lowest BCUT2D eigenvalue weighted by atomic mass is 9.92. The highest BCUT2D eigenvalue weighted by Gasteiger charge is 2.67. The number of nitrogens with two attached hydrogens (primary N) is 1. The van der Waals surface area contributed by atoms with E-state index in [-0.39, 0.29) is 12.0 Å². The summed E-state index contributed by atoms with van der Waals surface area (Å²) in [7, 11) is 0. The predicted molar refractivity (Wildman–Crippen MR) is 93.1 cm³/mol. The van der Waals surface area contributed by atoms with Gasteiger partial charge in [-0.25, -0.2) is 4.79 Å². The van der Waals surface area contributed by atoms with E-state index >= 15 is 0 Å². The van der Waals surface area contributed by atoms with E-state index < -0.39 is 29.5 Å². The van der Waals surface area contributed by atoms with Gasteiger partial charge in [-0.1, -0.05) is 6.07 Å². The van der Waals surface area contributed by atoms with Gasteiger partial charge in [0.15, 0.2) is 11.8 Å². The molecule has 1 amide bonds. The number of anilines is 1. The summed E-state index contributed by atoms with van der Waals surface area (Å²) in [5.74, 6) is -0.581. The molecule has 2 fully saturated rings. The Morgan fingerprint density at radius 3 is 2.69 bits per heavy atom. The van der Waals surface area contributed by atoms with Crippen molar-refractivity contribution in [2.75, 3.05) is 12.3 Å². The molecule has 1 saturated heterocycles. The Morgan fingerprint density at radius 1 is 1.38 bits per heavy atom. The smallest absolute Gasteiger partial charge is 0.413 e. The van der Waals surface area contributed by atoms with E-state index in [0.717, 1.165) is 28.9 Å². The van der Waals surface area contributed by atoms with Crippen LogP contribution in [0.2, 0.25) is 0 Å². The predicted octanol–water partition coefficient (Wildman–Crippen LogP) is 2.01. The molecule has 26 heavy (non-hydrogen) atoms. The van der Waals surface area contributed by atoms with E-state index in [0.29, 0.717) is 12.1 Å². The number of amides is 1. The lowest BCUT2D eigenvalue weighted by molar-refractivity contribution is -0.158. The van der Waals surface area contributed by atoms with Gasteiger partial charge >= 0.3 is 12.1 Å². The van der Waals surface area contributed by atoms with Crippen LogP contribution >= 0.6 is 0 Å². The third-order valence-corrected chi connectivity index (χ3v) is 5.46. The van der Waals surface area contributed by atoms with Crippen LogP contribution in [0.1, 0.15) is 51.2 Å². The average molecular weight is 360 g/mol. The van der Waals surface area contributed by atoms with Crippen LogP contribution in [0.15, 0.2) is 18.2 Å². The molecule has 2 unspecified atom stereocenters. The van der Waals surface area contributed by atoms with Crippen molar-refractivity contribution >= 4 is 17.7 Å². The van der Waals surface area contributed by atoms with Crippen LogP contribution in [0.4, 0.5) is 10.5 Å². The van der Waals surface area contributed by atoms with E-state index in [1.54, 1.807) is 26.8 Å². The Labute approximate surface area is 152 Å². The van der Waals surface area contributed by atoms with Crippen molar-refractivity contribution in [2.24, 2.45) is 0 Å². The van der Waals surface area contributed by atoms with Crippen LogP contribution in [-0.4, -0.2) is 40.4 Å². The van der Waals surface area contributed by atoms with Crippen LogP contribution in [0.5, 0.6) is 0 Å². The van der Waals surface area contributed by atoms with Gasteiger partial charge in [0.25, 0.3) is 0 Å². The van der Waals surface area contributed by atoms with Gasteiger partial charge in [-0.05, 0) is 51.3 Å². The number of rotatable bonds is 2. The second-order valence-electron chi connectivity index (χ2n) is 8.61. The SMILES string of the molecule is CC(C)(C)OC(=O)CN1C(=O)OC2(CC3(CC3)c3cc(N)ccc32)C1O. The third-order valence-electron chi connectivity index (χ3n) is 5.46. The number of carbonyl (C=O) groups excluding carboxylic acids is 2. The number of nitrogen functional groups attached to an aromatic ring is 1. The first-order valence-electron chi connectivity index (χ1n) is 8.86. The lowest BCUT2D eigenvalue weighted by Gasteiger charge is -2.29. The molecule has 1 aromatic carbocycles. The fraction of sp³-hybridized carbons (Fsp3) is 0.579. The Kier molecular flexibility index (Phi) is 3.38. The molecule has 2 atom stereocenters. The fourth-order valence-electron chi connectivity index (χ4n) is 4.26. The molecule has 0 aromatic heterocycles. The van der Waals surface area contributed by atoms with Crippen molar-refractivity contribution in [3.05, 3.63) is 29.3 Å². The minimum atomic E-state index is -1.25. The molecule has 0 bridgehead atoms. The topological polar surface area (TPSA) is 102 Å². The number of benzene rings is 1. The van der Waals surface area contributed by atoms with E-state index in [1.807, 2.05) is 12.1 Å². The van der Waals surface area contributed by atoms with Crippen molar-refractivity contribution in [3.8, 4) is 0 Å². The van der Waals surface area contributed by atoms with E-state index in [4.69, 9.17) is 15.2 Å². The number of hydrogen-bond acceptors (Lipinski definition) is 6. The number of hydrogen-bond donors (Lipinski definition) is 2. The molecule has 140 valence electrons. The standard InChI is InChI=1S/C19H24N2O5/c1-17(2,3)25-14(22)9-21-15(23)19(26-16(21)24)10-18(6-7-18)13-8-11(20)4-5-12(13)19/h4-5,8,15,23H,6-7,9-10,20H2,1-3H3. The molecule has 7 heteroatoms. The van der Waals surface area contributed by atoms with E-state index in [1.165, 1.54) is 0 Å². The van der Waals surface area contributed by atoms with Crippen molar-refractivity contribution in [2.45, 2.75) is 62.9 Å². The summed E-state index contributed by atoms with van der Waals surface area (Å²) < 4.78 is 11.0. The lowest BCUT2D eigenvalue weighted by Crippen LogP contribution is -2.45. The number of fused-ring (bicyclic) bond motifs is 3. The maximum Gasteiger partial charge on any atom is 0.413 e. The molecule has 1 saturated carbocycles. The van der Waals surface area contributed by atoms with Gasteiger partial charge in [-0.15, -0.1) is 0 Å². The zero-order valence-corrected chi connectivity index (χ0v) is 15.2. The monoisotopic (exact) mass is 360 g/mol. The van der Waals surface area contributed by atoms with Gasteiger partial charge in [0, 0.05) is 23.1 Å². The summed E-state index contributed by atoms with van der Waals surface area (Å²) in [5.41, 5.74) is 6.51. The molecule has 2 aliphatic carbocycles. The summed E-state index contributed by atoms with van der Waals surface area (Å²) in [5, 5.41) is 11.0. The number of nitrogens with zero attached hydrogens (tertiary/aromatic N) is 1. The van der Waals surface area contributed by atoms with Gasteiger partial charge < -0.3 is 20.3 Å². The zero-order valence-electron chi connectivity index (χ0n) is 15.2. The van der Waals surface area contributed by atoms with Crippen molar-refractivity contribution < 1.29 is 24.2 Å².